The average Bonchev–Trinajstić information content (AvgIpc) is 2.58. The number of aliphatic hydroxyl groups excluding tert-OH is 2. The van der Waals surface area contributed by atoms with Crippen LogP contribution in [0.4, 0.5) is 4.79 Å². The molecule has 1 amide bonds. The van der Waals surface area contributed by atoms with Gasteiger partial charge >= 0.3 is 6.09 Å². The van der Waals surface area contributed by atoms with E-state index in [2.05, 4.69) is 5.32 Å². The van der Waals surface area contributed by atoms with Gasteiger partial charge < -0.3 is 20.3 Å². The van der Waals surface area contributed by atoms with E-state index in [4.69, 9.17) is 4.74 Å². The predicted molar refractivity (Wildman–Crippen MR) is 97.1 cm³/mol. The Morgan fingerprint density at radius 1 is 1.04 bits per heavy atom. The van der Waals surface area contributed by atoms with Gasteiger partial charge in [-0.15, -0.1) is 0 Å². The van der Waals surface area contributed by atoms with Crippen LogP contribution in [-0.4, -0.2) is 34.6 Å². The van der Waals surface area contributed by atoms with E-state index in [1.54, 1.807) is 32.9 Å². The third-order valence-corrected chi connectivity index (χ3v) is 3.58. The number of amides is 1. The SMILES string of the molecule is CC(C)(C)OC(=O)NCC(O)C(O)c1ccccc1-c1ccccc1. The third kappa shape index (κ3) is 5.59. The molecule has 2 unspecified atom stereocenters. The molecule has 25 heavy (non-hydrogen) atoms. The molecule has 0 aliphatic heterocycles. The number of carbonyl (C=O) groups is 1. The quantitative estimate of drug-likeness (QED) is 0.778. The van der Waals surface area contributed by atoms with Crippen molar-refractivity contribution in [3.8, 4) is 11.1 Å². The van der Waals surface area contributed by atoms with E-state index in [-0.39, 0.29) is 6.54 Å². The standard InChI is InChI=1S/C20H25NO4/c1-20(2,3)25-19(24)21-13-17(22)18(23)16-12-8-7-11-15(16)14-9-5-4-6-10-14/h4-12,17-18,22-23H,13H2,1-3H3,(H,21,24). The van der Waals surface area contributed by atoms with E-state index in [1.807, 2.05) is 42.5 Å². The highest BCUT2D eigenvalue weighted by atomic mass is 16.6. The molecule has 0 aliphatic rings. The highest BCUT2D eigenvalue weighted by Crippen LogP contribution is 2.29. The fraction of sp³-hybridized carbons (Fsp3) is 0.350. The lowest BCUT2D eigenvalue weighted by molar-refractivity contribution is 0.0132. The summed E-state index contributed by atoms with van der Waals surface area (Å²) in [5.41, 5.74) is 1.77. The minimum atomic E-state index is -1.16. The van der Waals surface area contributed by atoms with Crippen LogP contribution in [0.25, 0.3) is 11.1 Å². The van der Waals surface area contributed by atoms with Gasteiger partial charge in [-0.2, -0.15) is 0 Å². The minimum absolute atomic E-state index is 0.112. The molecule has 0 bridgehead atoms. The molecule has 0 saturated carbocycles. The van der Waals surface area contributed by atoms with E-state index in [1.165, 1.54) is 0 Å². The van der Waals surface area contributed by atoms with E-state index in [0.717, 1.165) is 11.1 Å². The van der Waals surface area contributed by atoms with Crippen LogP contribution in [0, 0.1) is 0 Å². The summed E-state index contributed by atoms with van der Waals surface area (Å²) in [7, 11) is 0. The topological polar surface area (TPSA) is 78.8 Å². The maximum absolute atomic E-state index is 11.7. The van der Waals surface area contributed by atoms with Crippen LogP contribution in [0.2, 0.25) is 0 Å². The van der Waals surface area contributed by atoms with Crippen molar-refractivity contribution < 1.29 is 19.7 Å². The first-order chi connectivity index (χ1) is 11.8. The zero-order valence-electron chi connectivity index (χ0n) is 14.8. The monoisotopic (exact) mass is 343 g/mol. The second-order valence-corrected chi connectivity index (χ2v) is 6.85. The van der Waals surface area contributed by atoms with Gasteiger partial charge in [0, 0.05) is 6.54 Å². The van der Waals surface area contributed by atoms with Crippen molar-refractivity contribution in [3.05, 3.63) is 60.2 Å². The lowest BCUT2D eigenvalue weighted by Gasteiger charge is -2.23. The van der Waals surface area contributed by atoms with Crippen LogP contribution < -0.4 is 5.32 Å². The Balaban J connectivity index is 2.08. The maximum Gasteiger partial charge on any atom is 0.407 e. The molecule has 2 aromatic carbocycles. The summed E-state index contributed by atoms with van der Waals surface area (Å²) in [5, 5.41) is 23.3. The van der Waals surface area contributed by atoms with E-state index < -0.39 is 23.9 Å². The molecule has 0 fully saturated rings. The minimum Gasteiger partial charge on any atom is -0.444 e. The first-order valence-electron chi connectivity index (χ1n) is 8.25. The van der Waals surface area contributed by atoms with Gasteiger partial charge in [0.2, 0.25) is 0 Å². The summed E-state index contributed by atoms with van der Waals surface area (Å²) in [6.45, 7) is 5.16. The molecule has 3 N–H and O–H groups in total. The van der Waals surface area contributed by atoms with Gasteiger partial charge in [0.25, 0.3) is 0 Å². The molecule has 0 aliphatic carbocycles. The predicted octanol–water partition coefficient (Wildman–Crippen LogP) is 3.27. The molecule has 134 valence electrons. The van der Waals surface area contributed by atoms with Crippen LogP contribution >= 0.6 is 0 Å². The first-order valence-corrected chi connectivity index (χ1v) is 8.25. The van der Waals surface area contributed by atoms with Gasteiger partial charge in [0.05, 0.1) is 0 Å². The van der Waals surface area contributed by atoms with Crippen molar-refractivity contribution in [2.24, 2.45) is 0 Å². The fourth-order valence-corrected chi connectivity index (χ4v) is 2.46. The molecule has 0 saturated heterocycles. The molecule has 0 heterocycles. The molecule has 0 spiro atoms. The number of alkyl carbamates (subject to hydrolysis) is 1. The highest BCUT2D eigenvalue weighted by Gasteiger charge is 2.23. The van der Waals surface area contributed by atoms with Crippen molar-refractivity contribution >= 4 is 6.09 Å². The molecule has 0 aromatic heterocycles. The van der Waals surface area contributed by atoms with E-state index in [9.17, 15) is 15.0 Å². The van der Waals surface area contributed by atoms with E-state index in [0.29, 0.717) is 5.56 Å². The zero-order chi connectivity index (χ0) is 18.4. The van der Waals surface area contributed by atoms with Gasteiger partial charge in [-0.05, 0) is 37.5 Å². The maximum atomic E-state index is 11.7. The van der Waals surface area contributed by atoms with Crippen LogP contribution in [0.3, 0.4) is 0 Å². The summed E-state index contributed by atoms with van der Waals surface area (Å²) in [5.74, 6) is 0. The van der Waals surface area contributed by atoms with Crippen LogP contribution in [0.1, 0.15) is 32.4 Å². The average molecular weight is 343 g/mol. The Bertz CT molecular complexity index is 694. The Kier molecular flexibility index (Phi) is 6.17. The molecule has 2 aromatic rings. The second kappa shape index (κ2) is 8.14. The number of ether oxygens (including phenoxy) is 1. The summed E-state index contributed by atoms with van der Waals surface area (Å²) >= 11 is 0. The molecule has 2 atom stereocenters. The smallest absolute Gasteiger partial charge is 0.407 e. The Morgan fingerprint density at radius 2 is 1.64 bits per heavy atom. The van der Waals surface area contributed by atoms with Gasteiger partial charge in [0.1, 0.15) is 17.8 Å². The molecular weight excluding hydrogens is 318 g/mol. The number of hydrogen-bond donors (Lipinski definition) is 3. The van der Waals surface area contributed by atoms with Crippen LogP contribution in [0.5, 0.6) is 0 Å². The zero-order valence-corrected chi connectivity index (χ0v) is 14.8. The number of hydrogen-bond acceptors (Lipinski definition) is 4. The van der Waals surface area contributed by atoms with Crippen LogP contribution in [-0.2, 0) is 4.74 Å². The fourth-order valence-electron chi connectivity index (χ4n) is 2.46. The molecular formula is C20H25NO4. The summed E-state index contributed by atoms with van der Waals surface area (Å²) in [6, 6.07) is 17.0. The van der Waals surface area contributed by atoms with Gasteiger partial charge in [0.15, 0.2) is 0 Å². The molecule has 5 nitrogen and oxygen atoms in total. The Morgan fingerprint density at radius 3 is 2.28 bits per heavy atom. The van der Waals surface area contributed by atoms with Gasteiger partial charge in [-0.1, -0.05) is 54.6 Å². The van der Waals surface area contributed by atoms with Crippen molar-refractivity contribution in [1.29, 1.82) is 0 Å². The normalized spacial score (nSPS) is 13.8. The number of benzene rings is 2. The van der Waals surface area contributed by atoms with Crippen molar-refractivity contribution in [2.45, 2.75) is 38.6 Å². The lowest BCUT2D eigenvalue weighted by Crippen LogP contribution is -2.38. The van der Waals surface area contributed by atoms with Gasteiger partial charge in [-0.25, -0.2) is 4.79 Å². The third-order valence-electron chi connectivity index (χ3n) is 3.58. The summed E-state index contributed by atoms with van der Waals surface area (Å²) < 4.78 is 5.12. The Hall–Kier alpha value is -2.37. The number of carbonyl (C=O) groups excluding carboxylic acids is 1. The molecule has 5 heteroatoms. The van der Waals surface area contributed by atoms with E-state index >= 15 is 0 Å². The number of nitrogens with one attached hydrogen (secondary N) is 1. The molecule has 2 rings (SSSR count). The van der Waals surface area contributed by atoms with Gasteiger partial charge in [-0.3, -0.25) is 0 Å². The van der Waals surface area contributed by atoms with Crippen molar-refractivity contribution in [1.82, 2.24) is 5.32 Å². The Labute approximate surface area is 148 Å². The number of rotatable bonds is 5. The lowest BCUT2D eigenvalue weighted by atomic mass is 9.94. The first kappa shape index (κ1) is 19.0. The van der Waals surface area contributed by atoms with Crippen molar-refractivity contribution in [2.75, 3.05) is 6.54 Å². The van der Waals surface area contributed by atoms with Crippen molar-refractivity contribution in [3.63, 3.8) is 0 Å². The summed E-state index contributed by atoms with van der Waals surface area (Å²) in [6.07, 6.45) is -2.92. The largest absolute Gasteiger partial charge is 0.444 e. The van der Waals surface area contributed by atoms with Crippen LogP contribution in [0.15, 0.2) is 54.6 Å². The number of aliphatic hydroxyl groups is 2. The summed E-state index contributed by atoms with van der Waals surface area (Å²) in [4.78, 5) is 11.7. The second-order valence-electron chi connectivity index (χ2n) is 6.85. The highest BCUT2D eigenvalue weighted by molar-refractivity contribution is 5.68. The molecule has 0 radical (unpaired) electrons.